The minimum atomic E-state index is -0.665. The number of rotatable bonds is 1. The summed E-state index contributed by atoms with van der Waals surface area (Å²) in [7, 11) is 0. The first-order valence-electron chi connectivity index (χ1n) is 5.75. The van der Waals surface area contributed by atoms with Crippen molar-refractivity contribution in [2.75, 3.05) is 0 Å². The van der Waals surface area contributed by atoms with Crippen molar-refractivity contribution in [2.24, 2.45) is 0 Å². The maximum Gasteiger partial charge on any atom is 0.435 e. The fourth-order valence-electron chi connectivity index (χ4n) is 1.70. The molecule has 1 aromatic heterocycles. The molecular formula is C12H12IN3O4. The molecule has 0 bridgehead atoms. The molecule has 1 heterocycles. The van der Waals surface area contributed by atoms with Crippen molar-refractivity contribution in [3.05, 3.63) is 32.0 Å². The van der Waals surface area contributed by atoms with Gasteiger partial charge in [0, 0.05) is 6.07 Å². The van der Waals surface area contributed by atoms with Gasteiger partial charge in [-0.2, -0.15) is 9.78 Å². The Balaban J connectivity index is 2.60. The zero-order valence-corrected chi connectivity index (χ0v) is 13.2. The highest BCUT2D eigenvalue weighted by Crippen LogP contribution is 2.29. The molecule has 0 saturated heterocycles. The summed E-state index contributed by atoms with van der Waals surface area (Å²) in [4.78, 5) is 22.6. The highest BCUT2D eigenvalue weighted by atomic mass is 127. The lowest BCUT2D eigenvalue weighted by molar-refractivity contribution is -0.383. The van der Waals surface area contributed by atoms with Gasteiger partial charge in [-0.15, -0.1) is 0 Å². The Labute approximate surface area is 128 Å². The molecule has 0 radical (unpaired) electrons. The number of carbonyl (C=O) groups excluding carboxylic acids is 1. The Kier molecular flexibility index (Phi) is 3.67. The molecule has 2 rings (SSSR count). The normalized spacial score (nSPS) is 11.6. The summed E-state index contributed by atoms with van der Waals surface area (Å²) in [6, 6.07) is 4.49. The zero-order chi connectivity index (χ0) is 15.1. The quantitative estimate of drug-likeness (QED) is 0.424. The molecule has 106 valence electrons. The second-order valence-corrected chi connectivity index (χ2v) is 6.13. The van der Waals surface area contributed by atoms with Crippen LogP contribution >= 0.6 is 22.6 Å². The van der Waals surface area contributed by atoms with Crippen molar-refractivity contribution in [2.45, 2.75) is 26.4 Å². The first-order chi connectivity index (χ1) is 9.20. The number of ether oxygens (including phenoxy) is 1. The van der Waals surface area contributed by atoms with Crippen LogP contribution in [0.5, 0.6) is 0 Å². The standard InChI is InChI=1S/C12H12IN3O4/c1-12(2,3)20-11(17)15-7-5-4-6-8(16(18)19)9(7)10(13)14-15/h4-6H,1-3H3. The highest BCUT2D eigenvalue weighted by Gasteiger charge is 2.25. The molecule has 0 aliphatic carbocycles. The van der Waals surface area contributed by atoms with E-state index < -0.39 is 16.6 Å². The van der Waals surface area contributed by atoms with Crippen LogP contribution in [-0.2, 0) is 4.74 Å². The maximum absolute atomic E-state index is 12.1. The Hall–Kier alpha value is -1.71. The second kappa shape index (κ2) is 5.00. The number of nitro benzene ring substituents is 1. The van der Waals surface area contributed by atoms with Crippen LogP contribution in [0.3, 0.4) is 0 Å². The number of hydrogen-bond donors (Lipinski definition) is 0. The molecule has 0 N–H and O–H groups in total. The largest absolute Gasteiger partial charge is 0.442 e. The number of hydrogen-bond acceptors (Lipinski definition) is 5. The second-order valence-electron chi connectivity index (χ2n) is 5.11. The molecule has 0 fully saturated rings. The fraction of sp³-hybridized carbons (Fsp3) is 0.333. The number of carbonyl (C=O) groups is 1. The molecule has 0 amide bonds. The van der Waals surface area contributed by atoms with E-state index in [2.05, 4.69) is 5.10 Å². The van der Waals surface area contributed by atoms with Gasteiger partial charge in [0.1, 0.15) is 14.7 Å². The molecule has 0 saturated carbocycles. The Bertz CT molecular complexity index is 703. The van der Waals surface area contributed by atoms with Gasteiger partial charge in [-0.1, -0.05) is 6.07 Å². The fourth-order valence-corrected chi connectivity index (χ4v) is 2.47. The number of aromatic nitrogens is 2. The predicted molar refractivity (Wildman–Crippen MR) is 80.7 cm³/mol. The molecule has 1 aromatic carbocycles. The Morgan fingerprint density at radius 3 is 2.65 bits per heavy atom. The summed E-state index contributed by atoms with van der Waals surface area (Å²) in [5, 5.41) is 15.4. The van der Waals surface area contributed by atoms with Crippen LogP contribution < -0.4 is 0 Å². The first kappa shape index (κ1) is 14.7. The van der Waals surface area contributed by atoms with E-state index in [0.29, 0.717) is 14.6 Å². The summed E-state index contributed by atoms with van der Waals surface area (Å²) in [5.41, 5.74) is -0.388. The van der Waals surface area contributed by atoms with Crippen molar-refractivity contribution in [3.8, 4) is 0 Å². The van der Waals surface area contributed by atoms with Crippen LogP contribution in [0.15, 0.2) is 18.2 Å². The van der Waals surface area contributed by atoms with E-state index in [1.807, 2.05) is 22.6 Å². The molecule has 0 atom stereocenters. The number of nitro groups is 1. The van der Waals surface area contributed by atoms with E-state index in [0.717, 1.165) is 4.68 Å². The van der Waals surface area contributed by atoms with Gasteiger partial charge in [0.2, 0.25) is 0 Å². The number of nitrogens with zero attached hydrogens (tertiary/aromatic N) is 3. The lowest BCUT2D eigenvalue weighted by atomic mass is 10.2. The van der Waals surface area contributed by atoms with E-state index in [9.17, 15) is 14.9 Å². The van der Waals surface area contributed by atoms with Gasteiger partial charge < -0.3 is 4.74 Å². The van der Waals surface area contributed by atoms with Crippen LogP contribution in [0.1, 0.15) is 20.8 Å². The molecule has 20 heavy (non-hydrogen) atoms. The average Bonchev–Trinajstić information content (AvgIpc) is 2.65. The van der Waals surface area contributed by atoms with Gasteiger partial charge in [-0.3, -0.25) is 10.1 Å². The molecule has 0 spiro atoms. The Morgan fingerprint density at radius 1 is 1.45 bits per heavy atom. The van der Waals surface area contributed by atoms with Crippen molar-refractivity contribution in [1.82, 2.24) is 9.78 Å². The third-order valence-electron chi connectivity index (χ3n) is 2.41. The topological polar surface area (TPSA) is 87.3 Å². The van der Waals surface area contributed by atoms with Crippen LogP contribution in [0, 0.1) is 13.8 Å². The number of non-ortho nitro benzene ring substituents is 1. The smallest absolute Gasteiger partial charge is 0.435 e. The minimum Gasteiger partial charge on any atom is -0.442 e. The van der Waals surface area contributed by atoms with Crippen LogP contribution in [-0.4, -0.2) is 26.4 Å². The van der Waals surface area contributed by atoms with E-state index in [-0.39, 0.29) is 5.69 Å². The summed E-state index contributed by atoms with van der Waals surface area (Å²) in [5.74, 6) is 0. The van der Waals surface area contributed by atoms with Crippen molar-refractivity contribution < 1.29 is 14.5 Å². The van der Waals surface area contributed by atoms with Gasteiger partial charge in [0.15, 0.2) is 0 Å². The van der Waals surface area contributed by atoms with Crippen LogP contribution in [0.25, 0.3) is 10.9 Å². The van der Waals surface area contributed by atoms with E-state index in [1.54, 1.807) is 26.8 Å². The van der Waals surface area contributed by atoms with Gasteiger partial charge in [0.05, 0.1) is 10.4 Å². The van der Waals surface area contributed by atoms with Crippen molar-refractivity contribution >= 4 is 45.3 Å². The number of benzene rings is 1. The molecule has 7 nitrogen and oxygen atoms in total. The van der Waals surface area contributed by atoms with Gasteiger partial charge in [0.25, 0.3) is 5.69 Å². The molecule has 0 aliphatic heterocycles. The van der Waals surface area contributed by atoms with Crippen molar-refractivity contribution in [1.29, 1.82) is 0 Å². The molecule has 0 unspecified atom stereocenters. The monoisotopic (exact) mass is 389 g/mol. The summed E-state index contributed by atoms with van der Waals surface area (Å²) in [6.45, 7) is 5.22. The summed E-state index contributed by atoms with van der Waals surface area (Å²) >= 11 is 1.86. The van der Waals surface area contributed by atoms with Crippen LogP contribution in [0.2, 0.25) is 0 Å². The van der Waals surface area contributed by atoms with Gasteiger partial charge in [-0.05, 0) is 49.4 Å². The Morgan fingerprint density at radius 2 is 2.10 bits per heavy atom. The SMILES string of the molecule is CC(C)(C)OC(=O)n1nc(I)c2c([N+](=O)[O-])cccc21. The highest BCUT2D eigenvalue weighted by molar-refractivity contribution is 14.1. The lowest BCUT2D eigenvalue weighted by Crippen LogP contribution is -2.27. The van der Waals surface area contributed by atoms with E-state index in [1.165, 1.54) is 12.1 Å². The lowest BCUT2D eigenvalue weighted by Gasteiger charge is -2.19. The molecular weight excluding hydrogens is 377 g/mol. The number of halogens is 1. The predicted octanol–water partition coefficient (Wildman–Crippen LogP) is 3.33. The third-order valence-corrected chi connectivity index (χ3v) is 3.16. The maximum atomic E-state index is 12.1. The molecule has 8 heteroatoms. The average molecular weight is 389 g/mol. The first-order valence-corrected chi connectivity index (χ1v) is 6.83. The molecule has 2 aromatic rings. The van der Waals surface area contributed by atoms with Gasteiger partial charge in [-0.25, -0.2) is 4.79 Å². The zero-order valence-electron chi connectivity index (χ0n) is 11.1. The minimum absolute atomic E-state index is 0.0818. The molecule has 0 aliphatic rings. The van der Waals surface area contributed by atoms with E-state index >= 15 is 0 Å². The number of fused-ring (bicyclic) bond motifs is 1. The summed E-state index contributed by atoms with van der Waals surface area (Å²) < 4.78 is 6.67. The summed E-state index contributed by atoms with van der Waals surface area (Å²) in [6.07, 6.45) is -0.661. The van der Waals surface area contributed by atoms with Gasteiger partial charge >= 0.3 is 6.09 Å². The van der Waals surface area contributed by atoms with Crippen molar-refractivity contribution in [3.63, 3.8) is 0 Å². The van der Waals surface area contributed by atoms with E-state index in [4.69, 9.17) is 4.74 Å². The van der Waals surface area contributed by atoms with Crippen LogP contribution in [0.4, 0.5) is 10.5 Å². The third kappa shape index (κ3) is 2.74.